The average Bonchev–Trinajstić information content (AvgIpc) is 2.96. The van der Waals surface area contributed by atoms with Gasteiger partial charge in [0.15, 0.2) is 5.75 Å². The zero-order chi connectivity index (χ0) is 17.1. The normalized spacial score (nSPS) is 17.0. The Labute approximate surface area is 147 Å². The van der Waals surface area contributed by atoms with Gasteiger partial charge in [-0.3, -0.25) is 0 Å². The number of nitrogens with zero attached hydrogens (tertiary/aromatic N) is 3. The van der Waals surface area contributed by atoms with Crippen molar-refractivity contribution in [2.75, 3.05) is 18.1 Å². The summed E-state index contributed by atoms with van der Waals surface area (Å²) in [6, 6.07) is 5.20. The van der Waals surface area contributed by atoms with E-state index in [0.29, 0.717) is 21.4 Å². The smallest absolute Gasteiger partial charge is 0.417 e. The molecule has 1 N–H and O–H groups in total. The van der Waals surface area contributed by atoms with Crippen LogP contribution in [0, 0.1) is 0 Å². The molecule has 2 heterocycles. The first kappa shape index (κ1) is 16.8. The van der Waals surface area contributed by atoms with Crippen LogP contribution in [0.3, 0.4) is 0 Å². The minimum Gasteiger partial charge on any atom is -0.486 e. The van der Waals surface area contributed by atoms with E-state index in [-0.39, 0.29) is 25.7 Å². The van der Waals surface area contributed by atoms with Crippen molar-refractivity contribution in [2.45, 2.75) is 12.7 Å². The number of hydrogen-bond acceptors (Lipinski definition) is 6. The molecule has 126 valence electrons. The standard InChI is InChI=1S/C15H13Cl2N3O4/c16-12-2-1-3-13(17)11(12)8-23-9-4-18-14(19-5-9)20-6-10(7-21)24-15(20)22/h1-5,10,21H,6-8H2. The van der Waals surface area contributed by atoms with Crippen LogP contribution in [-0.2, 0) is 11.3 Å². The van der Waals surface area contributed by atoms with Gasteiger partial charge in [-0.2, -0.15) is 0 Å². The summed E-state index contributed by atoms with van der Waals surface area (Å²) in [5.41, 5.74) is 0.666. The fourth-order valence-corrected chi connectivity index (χ4v) is 2.64. The van der Waals surface area contributed by atoms with E-state index in [1.54, 1.807) is 18.2 Å². The first-order chi connectivity index (χ1) is 11.6. The van der Waals surface area contributed by atoms with E-state index in [1.807, 2.05) is 0 Å². The predicted octanol–water partition coefficient (Wildman–Crippen LogP) is 2.68. The monoisotopic (exact) mass is 369 g/mol. The van der Waals surface area contributed by atoms with Crippen molar-refractivity contribution < 1.29 is 19.4 Å². The molecule has 1 aliphatic rings. The van der Waals surface area contributed by atoms with Crippen molar-refractivity contribution in [2.24, 2.45) is 0 Å². The minimum absolute atomic E-state index is 0.166. The van der Waals surface area contributed by atoms with Gasteiger partial charge in [-0.05, 0) is 12.1 Å². The fraction of sp³-hybridized carbons (Fsp3) is 0.267. The van der Waals surface area contributed by atoms with E-state index in [4.69, 9.17) is 37.8 Å². The Bertz CT molecular complexity index is 722. The van der Waals surface area contributed by atoms with Crippen LogP contribution in [0.25, 0.3) is 0 Å². The Hall–Kier alpha value is -2.09. The van der Waals surface area contributed by atoms with Crippen LogP contribution in [0.4, 0.5) is 10.7 Å². The number of amides is 1. The van der Waals surface area contributed by atoms with E-state index >= 15 is 0 Å². The van der Waals surface area contributed by atoms with Crippen molar-refractivity contribution in [3.8, 4) is 5.75 Å². The van der Waals surface area contributed by atoms with Crippen molar-refractivity contribution in [1.82, 2.24) is 9.97 Å². The first-order valence-electron chi connectivity index (χ1n) is 7.05. The number of anilines is 1. The van der Waals surface area contributed by atoms with Gasteiger partial charge < -0.3 is 14.6 Å². The lowest BCUT2D eigenvalue weighted by atomic mass is 10.2. The van der Waals surface area contributed by atoms with E-state index in [9.17, 15) is 4.79 Å². The van der Waals surface area contributed by atoms with E-state index in [2.05, 4.69) is 9.97 Å². The van der Waals surface area contributed by atoms with Crippen LogP contribution < -0.4 is 9.64 Å². The van der Waals surface area contributed by atoms with E-state index in [1.165, 1.54) is 17.3 Å². The van der Waals surface area contributed by atoms with Gasteiger partial charge in [0.2, 0.25) is 5.95 Å². The molecular formula is C15H13Cl2N3O4. The maximum atomic E-state index is 11.7. The highest BCUT2D eigenvalue weighted by Crippen LogP contribution is 2.26. The zero-order valence-corrected chi connectivity index (χ0v) is 13.9. The van der Waals surface area contributed by atoms with Crippen LogP contribution in [0.1, 0.15) is 5.56 Å². The molecule has 1 saturated heterocycles. The molecule has 0 bridgehead atoms. The number of hydrogen-bond donors (Lipinski definition) is 1. The van der Waals surface area contributed by atoms with Gasteiger partial charge in [0.25, 0.3) is 0 Å². The fourth-order valence-electron chi connectivity index (χ4n) is 2.13. The second-order valence-corrected chi connectivity index (χ2v) is 5.82. The molecule has 2 aromatic rings. The van der Waals surface area contributed by atoms with Crippen molar-refractivity contribution in [3.63, 3.8) is 0 Å². The van der Waals surface area contributed by atoms with Crippen LogP contribution >= 0.6 is 23.2 Å². The number of aliphatic hydroxyl groups is 1. The molecule has 7 nitrogen and oxygen atoms in total. The van der Waals surface area contributed by atoms with E-state index < -0.39 is 12.2 Å². The minimum atomic E-state index is -0.592. The third-order valence-corrected chi connectivity index (χ3v) is 4.09. The molecule has 9 heteroatoms. The summed E-state index contributed by atoms with van der Waals surface area (Å²) in [5.74, 6) is 0.583. The van der Waals surface area contributed by atoms with Gasteiger partial charge in [0, 0.05) is 15.6 Å². The summed E-state index contributed by atoms with van der Waals surface area (Å²) in [5, 5.41) is 10.0. The predicted molar refractivity (Wildman–Crippen MR) is 87.5 cm³/mol. The second kappa shape index (κ2) is 7.21. The molecule has 0 aliphatic carbocycles. The highest BCUT2D eigenvalue weighted by molar-refractivity contribution is 6.35. The number of carbonyl (C=O) groups excluding carboxylic acids is 1. The second-order valence-electron chi connectivity index (χ2n) is 5.01. The Balaban J connectivity index is 1.66. The highest BCUT2D eigenvalue weighted by Gasteiger charge is 2.33. The molecule has 24 heavy (non-hydrogen) atoms. The number of aliphatic hydroxyl groups excluding tert-OH is 1. The molecule has 3 rings (SSSR count). The molecule has 1 aliphatic heterocycles. The molecule has 0 spiro atoms. The number of carbonyl (C=O) groups is 1. The third-order valence-electron chi connectivity index (χ3n) is 3.38. The summed E-state index contributed by atoms with van der Waals surface area (Å²) >= 11 is 12.2. The molecule has 1 atom stereocenters. The summed E-state index contributed by atoms with van der Waals surface area (Å²) in [6.45, 7) is 0.117. The van der Waals surface area contributed by atoms with Crippen molar-refractivity contribution >= 4 is 35.2 Å². The lowest BCUT2D eigenvalue weighted by molar-refractivity contribution is 0.0963. The Morgan fingerprint density at radius 2 is 1.96 bits per heavy atom. The number of halogens is 2. The zero-order valence-electron chi connectivity index (χ0n) is 12.4. The van der Waals surface area contributed by atoms with Gasteiger partial charge in [-0.15, -0.1) is 0 Å². The Kier molecular flexibility index (Phi) is 5.03. The van der Waals surface area contributed by atoms with Crippen LogP contribution in [0.15, 0.2) is 30.6 Å². The largest absolute Gasteiger partial charge is 0.486 e. The lowest BCUT2D eigenvalue weighted by Gasteiger charge is -2.12. The molecule has 0 radical (unpaired) electrons. The number of aromatic nitrogens is 2. The molecule has 1 amide bonds. The number of ether oxygens (including phenoxy) is 2. The van der Waals surface area contributed by atoms with Crippen LogP contribution in [0.2, 0.25) is 10.0 Å². The average molecular weight is 370 g/mol. The molecule has 1 fully saturated rings. The van der Waals surface area contributed by atoms with Gasteiger partial charge >= 0.3 is 6.09 Å². The molecule has 1 aromatic heterocycles. The summed E-state index contributed by atoms with van der Waals surface area (Å²) in [7, 11) is 0. The van der Waals surface area contributed by atoms with Gasteiger partial charge in [0.05, 0.1) is 25.5 Å². The Morgan fingerprint density at radius 3 is 2.54 bits per heavy atom. The lowest BCUT2D eigenvalue weighted by Crippen LogP contribution is -2.27. The topological polar surface area (TPSA) is 84.8 Å². The summed E-state index contributed by atoms with van der Waals surface area (Å²) in [6.07, 6.45) is 1.71. The van der Waals surface area contributed by atoms with Gasteiger partial charge in [-0.25, -0.2) is 19.7 Å². The molecule has 1 unspecified atom stereocenters. The first-order valence-corrected chi connectivity index (χ1v) is 7.81. The molecular weight excluding hydrogens is 357 g/mol. The molecule has 1 aromatic carbocycles. The summed E-state index contributed by atoms with van der Waals surface area (Å²) in [4.78, 5) is 21.1. The maximum Gasteiger partial charge on any atom is 0.417 e. The highest BCUT2D eigenvalue weighted by atomic mass is 35.5. The number of rotatable bonds is 5. The van der Waals surface area contributed by atoms with Crippen molar-refractivity contribution in [3.05, 3.63) is 46.2 Å². The Morgan fingerprint density at radius 1 is 1.29 bits per heavy atom. The van der Waals surface area contributed by atoms with Gasteiger partial charge in [0.1, 0.15) is 12.7 Å². The maximum absolute atomic E-state index is 11.7. The van der Waals surface area contributed by atoms with Crippen LogP contribution in [-0.4, -0.2) is 40.4 Å². The SMILES string of the molecule is O=C1OC(CO)CN1c1ncc(OCc2c(Cl)cccc2Cl)cn1. The van der Waals surface area contributed by atoms with E-state index in [0.717, 1.165) is 0 Å². The quantitative estimate of drug-likeness (QED) is 0.871. The molecule has 0 saturated carbocycles. The summed E-state index contributed by atoms with van der Waals surface area (Å²) < 4.78 is 10.5. The van der Waals surface area contributed by atoms with Crippen LogP contribution in [0.5, 0.6) is 5.75 Å². The van der Waals surface area contributed by atoms with Crippen molar-refractivity contribution in [1.29, 1.82) is 0 Å². The third kappa shape index (κ3) is 3.53. The number of cyclic esters (lactones) is 1. The van der Waals surface area contributed by atoms with Gasteiger partial charge in [-0.1, -0.05) is 29.3 Å². The number of benzene rings is 1.